The molecule has 0 atom stereocenters. The summed E-state index contributed by atoms with van der Waals surface area (Å²) in [4.78, 5) is 0. The van der Waals surface area contributed by atoms with Gasteiger partial charge in [0.2, 0.25) is 5.92 Å². The second-order valence-corrected chi connectivity index (χ2v) is 6.75. The van der Waals surface area contributed by atoms with E-state index in [0.29, 0.717) is 19.4 Å². The summed E-state index contributed by atoms with van der Waals surface area (Å²) in [5.74, 6) is -2.54. The third-order valence-electron chi connectivity index (χ3n) is 4.29. The Balaban J connectivity index is 2.36. The summed E-state index contributed by atoms with van der Waals surface area (Å²) in [6, 6.07) is 0. The van der Waals surface area contributed by atoms with Crippen molar-refractivity contribution < 1.29 is 8.78 Å². The number of hydrogen-bond acceptors (Lipinski definition) is 2. The van der Waals surface area contributed by atoms with Gasteiger partial charge in [-0.15, -0.1) is 0 Å². The van der Waals surface area contributed by atoms with Crippen LogP contribution in [0.1, 0.15) is 57.7 Å². The predicted octanol–water partition coefficient (Wildman–Crippen LogP) is 3.11. The number of nitrogens with two attached hydrogens (primary N) is 1. The Morgan fingerprint density at radius 3 is 2.32 bits per heavy atom. The summed E-state index contributed by atoms with van der Waals surface area (Å²) in [5, 5.41) is 7.15. The minimum Gasteiger partial charge on any atom is -0.330 e. The van der Waals surface area contributed by atoms with Crippen molar-refractivity contribution in [2.45, 2.75) is 63.2 Å². The normalized spacial score (nSPS) is 22.4. The van der Waals surface area contributed by atoms with E-state index in [1.54, 1.807) is 6.20 Å². The molecule has 0 aromatic carbocycles. The largest absolute Gasteiger partial charge is 0.330 e. The number of aromatic nitrogens is 2. The average Bonchev–Trinajstić information content (AvgIpc) is 2.79. The Kier molecular flexibility index (Phi) is 3.45. The zero-order valence-electron chi connectivity index (χ0n) is 11.9. The zero-order chi connectivity index (χ0) is 14.3. The van der Waals surface area contributed by atoms with Gasteiger partial charge in [-0.25, -0.2) is 8.78 Å². The quantitative estimate of drug-likeness (QED) is 0.868. The lowest BCUT2D eigenvalue weighted by molar-refractivity contribution is -0.0510. The lowest BCUT2D eigenvalue weighted by atomic mass is 9.66. The molecule has 1 heterocycles. The lowest BCUT2D eigenvalue weighted by Crippen LogP contribution is -2.43. The minimum absolute atomic E-state index is 0.0844. The van der Waals surface area contributed by atoms with Crippen molar-refractivity contribution in [1.29, 1.82) is 0 Å². The van der Waals surface area contributed by atoms with E-state index in [1.165, 1.54) is 0 Å². The van der Waals surface area contributed by atoms with E-state index in [2.05, 4.69) is 31.0 Å². The average molecular weight is 271 g/mol. The minimum atomic E-state index is -2.54. The van der Waals surface area contributed by atoms with Gasteiger partial charge < -0.3 is 5.73 Å². The predicted molar refractivity (Wildman–Crippen MR) is 71.4 cm³/mol. The Morgan fingerprint density at radius 2 is 1.84 bits per heavy atom. The molecule has 5 heteroatoms. The van der Waals surface area contributed by atoms with Gasteiger partial charge in [-0.2, -0.15) is 5.10 Å². The van der Waals surface area contributed by atoms with Crippen LogP contribution in [0.3, 0.4) is 0 Å². The first-order valence-corrected chi connectivity index (χ1v) is 6.82. The number of nitrogens with one attached hydrogen (secondary N) is 1. The molecule has 1 aliphatic rings. The van der Waals surface area contributed by atoms with Crippen LogP contribution in [-0.4, -0.2) is 22.7 Å². The Morgan fingerprint density at radius 1 is 1.26 bits per heavy atom. The molecule has 0 amide bonds. The van der Waals surface area contributed by atoms with E-state index in [-0.39, 0.29) is 23.7 Å². The van der Waals surface area contributed by atoms with Gasteiger partial charge in [-0.1, -0.05) is 20.8 Å². The van der Waals surface area contributed by atoms with Crippen LogP contribution in [0.5, 0.6) is 0 Å². The van der Waals surface area contributed by atoms with Crippen LogP contribution in [0.15, 0.2) is 6.20 Å². The molecule has 0 spiro atoms. The van der Waals surface area contributed by atoms with Gasteiger partial charge in [0.1, 0.15) is 0 Å². The highest BCUT2D eigenvalue weighted by atomic mass is 19.3. The van der Waals surface area contributed by atoms with Crippen LogP contribution >= 0.6 is 0 Å². The van der Waals surface area contributed by atoms with Crippen molar-refractivity contribution in [2.75, 3.05) is 6.54 Å². The molecule has 0 radical (unpaired) electrons. The molecule has 3 nitrogen and oxygen atoms in total. The molecule has 1 aromatic rings. The van der Waals surface area contributed by atoms with Gasteiger partial charge in [-0.05, 0) is 12.8 Å². The number of rotatable bonds is 2. The summed E-state index contributed by atoms with van der Waals surface area (Å²) < 4.78 is 26.8. The maximum absolute atomic E-state index is 13.4. The summed E-state index contributed by atoms with van der Waals surface area (Å²) in [6.45, 7) is 6.66. The second kappa shape index (κ2) is 4.54. The molecule has 108 valence electrons. The summed E-state index contributed by atoms with van der Waals surface area (Å²) in [7, 11) is 0. The molecular weight excluding hydrogens is 248 g/mol. The third-order valence-corrected chi connectivity index (χ3v) is 4.29. The maximum Gasteiger partial charge on any atom is 0.248 e. The zero-order valence-corrected chi connectivity index (χ0v) is 11.9. The third kappa shape index (κ3) is 2.66. The highest BCUT2D eigenvalue weighted by Gasteiger charge is 2.45. The number of halogens is 2. The van der Waals surface area contributed by atoms with Crippen molar-refractivity contribution in [3.8, 4) is 0 Å². The van der Waals surface area contributed by atoms with Crippen LogP contribution in [0.2, 0.25) is 0 Å². The highest BCUT2D eigenvalue weighted by Crippen LogP contribution is 2.46. The van der Waals surface area contributed by atoms with E-state index in [0.717, 1.165) is 11.3 Å². The van der Waals surface area contributed by atoms with Crippen LogP contribution in [0.25, 0.3) is 0 Å². The molecule has 2 rings (SSSR count). The maximum atomic E-state index is 13.4. The summed E-state index contributed by atoms with van der Waals surface area (Å²) in [5.41, 5.74) is 7.55. The Hall–Kier alpha value is -0.970. The van der Waals surface area contributed by atoms with E-state index in [1.807, 2.05) is 0 Å². The van der Waals surface area contributed by atoms with Crippen LogP contribution < -0.4 is 5.73 Å². The fourth-order valence-corrected chi connectivity index (χ4v) is 2.94. The van der Waals surface area contributed by atoms with Crippen molar-refractivity contribution in [3.05, 3.63) is 17.5 Å². The molecule has 0 bridgehead atoms. The Labute approximate surface area is 113 Å². The van der Waals surface area contributed by atoms with Crippen molar-refractivity contribution in [3.63, 3.8) is 0 Å². The molecule has 1 aromatic heterocycles. The van der Waals surface area contributed by atoms with E-state index >= 15 is 0 Å². The lowest BCUT2D eigenvalue weighted by Gasteiger charge is -2.40. The van der Waals surface area contributed by atoms with Gasteiger partial charge in [0.05, 0.1) is 6.20 Å². The SMILES string of the molecule is CC(C)(C)c1[nH]ncc1C1(CN)CCC(F)(F)CC1. The number of H-pyrrole nitrogens is 1. The molecule has 0 aliphatic heterocycles. The van der Waals surface area contributed by atoms with Crippen molar-refractivity contribution >= 4 is 0 Å². The smallest absolute Gasteiger partial charge is 0.248 e. The summed E-state index contributed by atoms with van der Waals surface area (Å²) in [6.07, 6.45) is 2.47. The number of aromatic amines is 1. The fourth-order valence-electron chi connectivity index (χ4n) is 2.94. The van der Waals surface area contributed by atoms with Crippen molar-refractivity contribution in [1.82, 2.24) is 10.2 Å². The fraction of sp³-hybridized carbons (Fsp3) is 0.786. The van der Waals surface area contributed by atoms with E-state index < -0.39 is 5.92 Å². The van der Waals surface area contributed by atoms with E-state index in [4.69, 9.17) is 5.73 Å². The molecule has 1 aliphatic carbocycles. The molecule has 1 fully saturated rings. The van der Waals surface area contributed by atoms with Gasteiger partial charge in [0.25, 0.3) is 0 Å². The standard InChI is InChI=1S/C14H23F2N3/c1-12(2,3)11-10(8-18-19-11)13(9-17)4-6-14(15,16)7-5-13/h8H,4-7,9,17H2,1-3H3,(H,18,19). The van der Waals surface area contributed by atoms with Gasteiger partial charge in [-0.3, -0.25) is 5.10 Å². The van der Waals surface area contributed by atoms with Gasteiger partial charge >= 0.3 is 0 Å². The molecule has 1 saturated carbocycles. The van der Waals surface area contributed by atoms with E-state index in [9.17, 15) is 8.78 Å². The first-order chi connectivity index (χ1) is 8.70. The first kappa shape index (κ1) is 14.4. The molecule has 0 unspecified atom stereocenters. The molecule has 3 N–H and O–H groups in total. The van der Waals surface area contributed by atoms with Crippen LogP contribution in [0, 0.1) is 0 Å². The molecule has 19 heavy (non-hydrogen) atoms. The number of hydrogen-bond donors (Lipinski definition) is 2. The molecule has 0 saturated heterocycles. The van der Waals surface area contributed by atoms with Crippen molar-refractivity contribution in [2.24, 2.45) is 5.73 Å². The first-order valence-electron chi connectivity index (χ1n) is 6.82. The van der Waals surface area contributed by atoms with Gasteiger partial charge in [0, 0.05) is 41.5 Å². The van der Waals surface area contributed by atoms with Crippen LogP contribution in [-0.2, 0) is 10.8 Å². The topological polar surface area (TPSA) is 54.7 Å². The molecular formula is C14H23F2N3. The number of nitrogens with zero attached hydrogens (tertiary/aromatic N) is 1. The van der Waals surface area contributed by atoms with Crippen LogP contribution in [0.4, 0.5) is 8.78 Å². The number of alkyl halides is 2. The monoisotopic (exact) mass is 271 g/mol. The highest BCUT2D eigenvalue weighted by molar-refractivity contribution is 5.33. The summed E-state index contributed by atoms with van der Waals surface area (Å²) >= 11 is 0. The second-order valence-electron chi connectivity index (χ2n) is 6.75. The Bertz CT molecular complexity index is 436. The van der Waals surface area contributed by atoms with Gasteiger partial charge in [0.15, 0.2) is 0 Å².